The maximum atomic E-state index is 12.5. The summed E-state index contributed by atoms with van der Waals surface area (Å²) < 4.78 is 48.9. The summed E-state index contributed by atoms with van der Waals surface area (Å²) in [6.45, 7) is 0.490. The molecule has 1 aliphatic rings. The molecule has 0 fully saturated rings. The van der Waals surface area contributed by atoms with Crippen LogP contribution >= 0.6 is 0 Å². The molecule has 0 saturated heterocycles. The maximum Gasteiger partial charge on any atom is 0.453 e. The highest BCUT2D eigenvalue weighted by molar-refractivity contribution is 5.28. The molecule has 0 amide bonds. The monoisotopic (exact) mass is 266 g/mol. The molecule has 0 saturated carbocycles. The zero-order chi connectivity index (χ0) is 13.3. The molecule has 18 heavy (non-hydrogen) atoms. The molecule has 0 spiro atoms. The van der Waals surface area contributed by atoms with Crippen molar-refractivity contribution in [2.45, 2.75) is 24.9 Å². The second kappa shape index (κ2) is 4.73. The molecule has 102 valence electrons. The number of rotatable bonds is 3. The molecular formula is C9H13F3N4O2. The van der Waals surface area contributed by atoms with Gasteiger partial charge in [0.05, 0.1) is 0 Å². The van der Waals surface area contributed by atoms with Gasteiger partial charge < -0.3 is 14.8 Å². The van der Waals surface area contributed by atoms with Crippen molar-refractivity contribution in [1.29, 1.82) is 0 Å². The fourth-order valence-electron chi connectivity index (χ4n) is 1.91. The van der Waals surface area contributed by atoms with Crippen LogP contribution in [0.4, 0.5) is 19.1 Å². The lowest BCUT2D eigenvalue weighted by Gasteiger charge is -2.29. The Bertz CT molecular complexity index is 416. The zero-order valence-corrected chi connectivity index (χ0v) is 9.86. The molecule has 0 aromatic carbocycles. The van der Waals surface area contributed by atoms with Crippen LogP contribution in [-0.2, 0) is 15.7 Å². The van der Waals surface area contributed by atoms with Crippen molar-refractivity contribution in [3.63, 3.8) is 0 Å². The third kappa shape index (κ3) is 2.27. The number of fused-ring (bicyclic) bond motifs is 1. The maximum absolute atomic E-state index is 12.5. The average Bonchev–Trinajstić information content (AvgIpc) is 2.75. The minimum Gasteiger partial charge on any atom is -0.354 e. The average molecular weight is 266 g/mol. The van der Waals surface area contributed by atoms with Crippen LogP contribution in [0.2, 0.25) is 0 Å². The van der Waals surface area contributed by atoms with Gasteiger partial charge in [-0.15, -0.1) is 5.10 Å². The first kappa shape index (κ1) is 13.1. The third-order valence-electron chi connectivity index (χ3n) is 2.70. The predicted molar refractivity (Wildman–Crippen MR) is 55.0 cm³/mol. The van der Waals surface area contributed by atoms with Crippen LogP contribution in [0.3, 0.4) is 0 Å². The standard InChI is InChI=1S/C9H13F3N4O2/c1-17-6(18-2)5-3-4-13-8-14-7(9(10,11)12)15-16(5)8/h5-6H,3-4H2,1-2H3,(H,13,14,15). The van der Waals surface area contributed by atoms with Crippen LogP contribution < -0.4 is 5.32 Å². The molecule has 1 aromatic rings. The summed E-state index contributed by atoms with van der Waals surface area (Å²) in [5.74, 6) is -1.08. The summed E-state index contributed by atoms with van der Waals surface area (Å²) in [5.41, 5.74) is 0. The van der Waals surface area contributed by atoms with Gasteiger partial charge in [0.25, 0.3) is 5.82 Å². The Morgan fingerprint density at radius 3 is 2.61 bits per heavy atom. The molecule has 1 aromatic heterocycles. The summed E-state index contributed by atoms with van der Waals surface area (Å²) in [6.07, 6.45) is -4.68. The fraction of sp³-hybridized carbons (Fsp3) is 0.778. The van der Waals surface area contributed by atoms with E-state index in [1.165, 1.54) is 18.9 Å². The molecule has 2 rings (SSSR count). The van der Waals surface area contributed by atoms with Crippen molar-refractivity contribution >= 4 is 5.95 Å². The molecule has 0 aliphatic carbocycles. The largest absolute Gasteiger partial charge is 0.453 e. The van der Waals surface area contributed by atoms with Crippen LogP contribution in [0.25, 0.3) is 0 Å². The van der Waals surface area contributed by atoms with E-state index in [1.54, 1.807) is 0 Å². The Morgan fingerprint density at radius 1 is 1.39 bits per heavy atom. The minimum absolute atomic E-state index is 0.0812. The number of aromatic nitrogens is 3. The lowest BCUT2D eigenvalue weighted by Crippen LogP contribution is -2.34. The summed E-state index contributed by atoms with van der Waals surface area (Å²) in [5, 5.41) is 6.24. The van der Waals surface area contributed by atoms with Gasteiger partial charge in [-0.25, -0.2) is 4.68 Å². The number of nitrogens with zero attached hydrogens (tertiary/aromatic N) is 3. The molecule has 1 unspecified atom stereocenters. The van der Waals surface area contributed by atoms with Gasteiger partial charge in [-0.05, 0) is 6.42 Å². The van der Waals surface area contributed by atoms with Gasteiger partial charge in [0.15, 0.2) is 6.29 Å². The van der Waals surface area contributed by atoms with Gasteiger partial charge in [-0.3, -0.25) is 0 Å². The molecule has 0 radical (unpaired) electrons. The lowest BCUT2D eigenvalue weighted by molar-refractivity contribution is -0.148. The molecule has 1 N–H and O–H groups in total. The first-order valence-corrected chi connectivity index (χ1v) is 5.30. The SMILES string of the molecule is COC(OC)C1CCNc2nc(C(F)(F)F)nn21. The highest BCUT2D eigenvalue weighted by Crippen LogP contribution is 2.32. The fourth-order valence-corrected chi connectivity index (χ4v) is 1.91. The number of hydrogen-bond donors (Lipinski definition) is 1. The Labute approximate surface area is 101 Å². The number of anilines is 1. The number of nitrogens with one attached hydrogen (secondary N) is 1. The van der Waals surface area contributed by atoms with Crippen molar-refractivity contribution in [2.24, 2.45) is 0 Å². The third-order valence-corrected chi connectivity index (χ3v) is 2.70. The van der Waals surface area contributed by atoms with Crippen molar-refractivity contribution in [3.05, 3.63) is 5.82 Å². The smallest absolute Gasteiger partial charge is 0.354 e. The van der Waals surface area contributed by atoms with E-state index in [2.05, 4.69) is 15.4 Å². The van der Waals surface area contributed by atoms with Gasteiger partial charge in [0.2, 0.25) is 5.95 Å². The second-order valence-corrected chi connectivity index (χ2v) is 3.82. The predicted octanol–water partition coefficient (Wildman–Crippen LogP) is 1.27. The van der Waals surface area contributed by atoms with Crippen LogP contribution in [0, 0.1) is 0 Å². The van der Waals surface area contributed by atoms with E-state index in [0.717, 1.165) is 0 Å². The Morgan fingerprint density at radius 2 is 2.06 bits per heavy atom. The summed E-state index contributed by atoms with van der Waals surface area (Å²) >= 11 is 0. The number of halogens is 3. The minimum atomic E-state index is -4.56. The number of methoxy groups -OCH3 is 2. The molecule has 1 aliphatic heterocycles. The van der Waals surface area contributed by atoms with E-state index >= 15 is 0 Å². The summed E-state index contributed by atoms with van der Waals surface area (Å²) in [7, 11) is 2.86. The van der Waals surface area contributed by atoms with Crippen molar-refractivity contribution in [1.82, 2.24) is 14.8 Å². The zero-order valence-electron chi connectivity index (χ0n) is 9.86. The topological polar surface area (TPSA) is 61.2 Å². The van der Waals surface area contributed by atoms with Crippen LogP contribution in [0.1, 0.15) is 18.3 Å². The van der Waals surface area contributed by atoms with Crippen LogP contribution in [-0.4, -0.2) is 41.8 Å². The molecule has 9 heteroatoms. The van der Waals surface area contributed by atoms with Crippen LogP contribution in [0.5, 0.6) is 0 Å². The van der Waals surface area contributed by atoms with Gasteiger partial charge in [0, 0.05) is 20.8 Å². The summed E-state index contributed by atoms with van der Waals surface area (Å²) in [4.78, 5) is 3.43. The van der Waals surface area contributed by atoms with E-state index < -0.39 is 24.3 Å². The van der Waals surface area contributed by atoms with Crippen molar-refractivity contribution < 1.29 is 22.6 Å². The molecule has 6 nitrogen and oxygen atoms in total. The van der Waals surface area contributed by atoms with E-state index in [1.807, 2.05) is 0 Å². The number of hydrogen-bond acceptors (Lipinski definition) is 5. The van der Waals surface area contributed by atoms with Gasteiger partial charge in [-0.2, -0.15) is 18.2 Å². The van der Waals surface area contributed by atoms with E-state index in [0.29, 0.717) is 13.0 Å². The highest BCUT2D eigenvalue weighted by Gasteiger charge is 2.40. The molecule has 1 atom stereocenters. The Hall–Kier alpha value is -1.35. The first-order valence-electron chi connectivity index (χ1n) is 5.30. The molecule has 0 bridgehead atoms. The lowest BCUT2D eigenvalue weighted by atomic mass is 10.2. The first-order chi connectivity index (χ1) is 8.47. The van der Waals surface area contributed by atoms with E-state index in [9.17, 15) is 13.2 Å². The van der Waals surface area contributed by atoms with Gasteiger partial charge in [-0.1, -0.05) is 0 Å². The number of alkyl halides is 3. The van der Waals surface area contributed by atoms with E-state index in [4.69, 9.17) is 9.47 Å². The normalized spacial score (nSPS) is 19.8. The highest BCUT2D eigenvalue weighted by atomic mass is 19.4. The van der Waals surface area contributed by atoms with Crippen molar-refractivity contribution in [3.8, 4) is 0 Å². The van der Waals surface area contributed by atoms with Crippen LogP contribution in [0.15, 0.2) is 0 Å². The quantitative estimate of drug-likeness (QED) is 0.835. The Balaban J connectivity index is 2.34. The molecule has 2 heterocycles. The second-order valence-electron chi connectivity index (χ2n) is 3.82. The Kier molecular flexibility index (Phi) is 3.44. The van der Waals surface area contributed by atoms with Gasteiger partial charge in [0.1, 0.15) is 6.04 Å². The van der Waals surface area contributed by atoms with Gasteiger partial charge >= 0.3 is 6.18 Å². The van der Waals surface area contributed by atoms with E-state index in [-0.39, 0.29) is 5.95 Å². The number of ether oxygens (including phenoxy) is 2. The summed E-state index contributed by atoms with van der Waals surface area (Å²) in [6, 6.07) is -0.431. The van der Waals surface area contributed by atoms with Crippen molar-refractivity contribution in [2.75, 3.05) is 26.1 Å². The molecular weight excluding hydrogens is 253 g/mol.